The molecule has 0 saturated carbocycles. The number of hydrogen-bond acceptors (Lipinski definition) is 20. The van der Waals surface area contributed by atoms with Crippen molar-refractivity contribution in [1.82, 2.24) is 31.9 Å². The van der Waals surface area contributed by atoms with Gasteiger partial charge in [0.1, 0.15) is 24.4 Å². The van der Waals surface area contributed by atoms with Gasteiger partial charge in [0.2, 0.25) is 11.8 Å². The largest absolute Gasteiger partial charge is 0.477 e. The smallest absolute Gasteiger partial charge is 0.364 e. The highest BCUT2D eigenvalue weighted by Gasteiger charge is 2.57. The fraction of sp³-hybridized carbons (Fsp3) is 0.441. The highest BCUT2D eigenvalue weighted by molar-refractivity contribution is 7.99. The van der Waals surface area contributed by atoms with Crippen LogP contribution in [0.5, 0.6) is 0 Å². The molecule has 7 rings (SSSR count). The molecule has 0 unspecified atom stereocenters. The molecular weight excluding hydrogens is 1280 g/mol. The summed E-state index contributed by atoms with van der Waals surface area (Å²) in [4.78, 5) is 102. The normalized spacial score (nSPS) is 22.1. The lowest BCUT2D eigenvalue weighted by Gasteiger charge is -2.46. The van der Waals surface area contributed by atoms with Crippen molar-refractivity contribution in [3.05, 3.63) is 155 Å². The highest BCUT2D eigenvalue weighted by Crippen LogP contribution is 2.36. The molecule has 12 atom stereocenters. The summed E-state index contributed by atoms with van der Waals surface area (Å²) in [6, 6.07) is 32.4. The fourth-order valence-corrected chi connectivity index (χ4v) is 12.3. The van der Waals surface area contributed by atoms with Crippen molar-refractivity contribution in [2.75, 3.05) is 62.4 Å². The van der Waals surface area contributed by atoms with Gasteiger partial charge in [0.25, 0.3) is 35.2 Å². The maximum absolute atomic E-state index is 13.0. The molecule has 0 aliphatic carbocycles. The van der Waals surface area contributed by atoms with E-state index in [0.29, 0.717) is 34.1 Å². The van der Waals surface area contributed by atoms with Gasteiger partial charge < -0.3 is 91.7 Å². The monoisotopic (exact) mass is 1370 g/mol. The molecule has 0 radical (unpaired) electrons. The predicted molar refractivity (Wildman–Crippen MR) is 356 cm³/mol. The number of aliphatic hydroxyl groups is 6. The number of rotatable bonds is 34. The van der Waals surface area contributed by atoms with Gasteiger partial charge in [-0.3, -0.25) is 28.8 Å². The van der Waals surface area contributed by atoms with Crippen molar-refractivity contribution in [2.45, 2.75) is 126 Å². The number of ether oxygens (including phenoxy) is 4. The molecule has 5 aromatic rings. The molecule has 26 nitrogen and oxygen atoms in total. The minimum absolute atomic E-state index is 0.185. The summed E-state index contributed by atoms with van der Waals surface area (Å²) in [7, 11) is 0. The number of carbonyl (C=O) groups excluding carboxylic acids is 6. The van der Waals surface area contributed by atoms with E-state index in [1.54, 1.807) is 48.5 Å². The first-order valence-corrected chi connectivity index (χ1v) is 33.6. The van der Waals surface area contributed by atoms with Gasteiger partial charge in [-0.1, -0.05) is 83.9 Å². The summed E-state index contributed by atoms with van der Waals surface area (Å²) in [5, 5.41) is 103. The lowest BCUT2D eigenvalue weighted by Crippen LogP contribution is -2.68. The number of aliphatic hydroxyl groups excluding tert-OH is 6. The number of aryl methyl sites for hydroxylation is 2. The first kappa shape index (κ1) is 75.5. The third-order valence-corrected chi connectivity index (χ3v) is 18.2. The van der Waals surface area contributed by atoms with E-state index >= 15 is 0 Å². The third kappa shape index (κ3) is 21.1. The van der Waals surface area contributed by atoms with Gasteiger partial charge in [0, 0.05) is 86.6 Å². The fourth-order valence-electron chi connectivity index (χ4n) is 10.7. The van der Waals surface area contributed by atoms with Crippen LogP contribution in [0, 0.1) is 13.8 Å². The van der Waals surface area contributed by atoms with E-state index in [4.69, 9.17) is 18.9 Å². The van der Waals surface area contributed by atoms with E-state index in [9.17, 15) is 79.2 Å². The molecule has 0 aromatic heterocycles. The molecule has 2 aliphatic rings. The zero-order valence-electron chi connectivity index (χ0n) is 53.5. The second kappa shape index (κ2) is 35.9. The first-order valence-electron chi connectivity index (χ1n) is 31.3. The van der Waals surface area contributed by atoms with Crippen molar-refractivity contribution < 1.29 is 98.2 Å². The molecule has 2 fully saturated rings. The van der Waals surface area contributed by atoms with Crippen LogP contribution in [0.3, 0.4) is 0 Å². The third-order valence-electron chi connectivity index (χ3n) is 16.0. The van der Waals surface area contributed by atoms with Gasteiger partial charge >= 0.3 is 11.9 Å². The van der Waals surface area contributed by atoms with Gasteiger partial charge in [-0.2, -0.15) is 23.5 Å². The first-order chi connectivity index (χ1) is 45.8. The SMILES string of the molecule is CC(=O)N[C@H]1[C@H]([C@H](O)[C@H](O)CNC(=O)c2ccc(-c3ccc(C)cc3)cc2)O[C@@](OCCCSCCNC(=O)c2ccc(C(=O)NCCSCCCO[C@]3(C(=O)O)C[C@H](O)[C@@H](NC(C)=O)[C@H]([C@H](O)[C@@H](O)CNC(=O)c4ccc(-c5ccc(C)cc5)cc4)O3)cc2)(C(=O)O)C[C@@H]1O. The molecule has 96 heavy (non-hydrogen) atoms. The van der Waals surface area contributed by atoms with Crippen LogP contribution >= 0.6 is 23.5 Å². The van der Waals surface area contributed by atoms with Gasteiger partial charge in [0.15, 0.2) is 0 Å². The highest BCUT2D eigenvalue weighted by atomic mass is 32.2. The maximum atomic E-state index is 13.0. The van der Waals surface area contributed by atoms with Crippen LogP contribution in [0.25, 0.3) is 22.3 Å². The van der Waals surface area contributed by atoms with Crippen LogP contribution in [0.1, 0.15) is 92.1 Å². The zero-order valence-corrected chi connectivity index (χ0v) is 55.1. The molecule has 5 aromatic carbocycles. The molecule has 28 heteroatoms. The van der Waals surface area contributed by atoms with Crippen LogP contribution in [0.15, 0.2) is 121 Å². The minimum atomic E-state index is -2.49. The Bertz CT molecular complexity index is 3200. The Morgan fingerprint density at radius 2 is 0.760 bits per heavy atom. The Labute approximate surface area is 563 Å². The number of carboxylic acids is 2. The maximum Gasteiger partial charge on any atom is 0.364 e. The number of benzene rings is 5. The van der Waals surface area contributed by atoms with Crippen LogP contribution < -0.4 is 31.9 Å². The average Bonchev–Trinajstić information content (AvgIpc) is 0.785. The van der Waals surface area contributed by atoms with E-state index in [-0.39, 0.29) is 50.3 Å². The van der Waals surface area contributed by atoms with E-state index in [0.717, 1.165) is 47.2 Å². The molecular formula is C68H84N6O20S2. The summed E-state index contributed by atoms with van der Waals surface area (Å²) in [5.41, 5.74) is 6.98. The van der Waals surface area contributed by atoms with Crippen LogP contribution in [0.2, 0.25) is 0 Å². The Balaban J connectivity index is 0.774. The number of hydrogen-bond donors (Lipinski definition) is 14. The number of thioether (sulfide) groups is 2. The number of nitrogens with one attached hydrogen (secondary N) is 6. The lowest BCUT2D eigenvalue weighted by molar-refractivity contribution is -0.310. The van der Waals surface area contributed by atoms with Gasteiger partial charge in [-0.15, -0.1) is 0 Å². The van der Waals surface area contributed by atoms with Crippen molar-refractivity contribution in [3.8, 4) is 22.3 Å². The van der Waals surface area contributed by atoms with Crippen LogP contribution in [0.4, 0.5) is 0 Å². The predicted octanol–water partition coefficient (Wildman–Crippen LogP) is 2.55. The summed E-state index contributed by atoms with van der Waals surface area (Å²) in [6.07, 6.45) is -14.7. The lowest BCUT2D eigenvalue weighted by atomic mass is 9.88. The van der Waals surface area contributed by atoms with Crippen molar-refractivity contribution in [3.63, 3.8) is 0 Å². The van der Waals surface area contributed by atoms with Crippen molar-refractivity contribution in [2.24, 2.45) is 0 Å². The number of carboxylic acid groups (broad SMARTS) is 2. The van der Waals surface area contributed by atoms with E-state index < -0.39 is 146 Å². The van der Waals surface area contributed by atoms with Gasteiger partial charge in [-0.05, 0) is 109 Å². The molecule has 6 amide bonds. The number of carbonyl (C=O) groups is 8. The topological polar surface area (TPSA) is 408 Å². The summed E-state index contributed by atoms with van der Waals surface area (Å²) >= 11 is 2.84. The Morgan fingerprint density at radius 1 is 0.469 bits per heavy atom. The standard InChI is InChI=1S/C68H84N6O20S2/c1-39-7-11-43(12-8-39)45-15-19-49(20-16-45)63(85)71-37-53(79)57(81)59-55(73-41(3)75)51(77)35-67(93-59,65(87)88)91-29-5-31-95-33-27-69-61(83)47-23-25-48(26-24-47)62(84)70-28-34-96-32-6-30-92-68(66(89)90)36-52(78)56(74-42(4)76)60(94-68)58(82)54(80)38-72-64(86)50-21-17-46(18-22-50)44-13-9-40(2)10-14-44/h7-26,51-60,77-82H,5-6,27-38H2,1-4H3,(H,69,83)(H,70,84)(H,71,85)(H,72,86)(H,73,75)(H,74,76)(H,87,88)(H,89,90)/t51-,52-,53-,54+,55+,56+,57+,58+,59+,60+,67+,68+/m0/s1. The molecule has 0 bridgehead atoms. The molecule has 2 heterocycles. The zero-order chi connectivity index (χ0) is 69.7. The summed E-state index contributed by atoms with van der Waals surface area (Å²) in [6.45, 7) is 5.36. The summed E-state index contributed by atoms with van der Waals surface area (Å²) in [5.74, 6) is -9.64. The van der Waals surface area contributed by atoms with Gasteiger partial charge in [0.05, 0.1) is 49.7 Å². The summed E-state index contributed by atoms with van der Waals surface area (Å²) < 4.78 is 23.2. The molecule has 0 spiro atoms. The Morgan fingerprint density at radius 3 is 1.06 bits per heavy atom. The van der Waals surface area contributed by atoms with Crippen LogP contribution in [-0.4, -0.2) is 223 Å². The quantitative estimate of drug-likeness (QED) is 0.0263. The number of amides is 6. The average molecular weight is 1370 g/mol. The second-order valence-corrected chi connectivity index (χ2v) is 25.9. The van der Waals surface area contributed by atoms with E-state index in [2.05, 4.69) is 31.9 Å². The van der Waals surface area contributed by atoms with E-state index in [1.165, 1.54) is 47.8 Å². The molecule has 14 N–H and O–H groups in total. The Kier molecular flexibility index (Phi) is 28.3. The molecule has 2 aliphatic heterocycles. The second-order valence-electron chi connectivity index (χ2n) is 23.4. The minimum Gasteiger partial charge on any atom is -0.477 e. The molecule has 518 valence electrons. The van der Waals surface area contributed by atoms with Crippen molar-refractivity contribution in [1.29, 1.82) is 0 Å². The van der Waals surface area contributed by atoms with E-state index in [1.807, 2.05) is 62.4 Å². The van der Waals surface area contributed by atoms with Gasteiger partial charge in [-0.25, -0.2) is 9.59 Å². The number of aliphatic carboxylic acids is 2. The van der Waals surface area contributed by atoms with Crippen molar-refractivity contribution >= 4 is 70.9 Å². The Hall–Kier alpha value is -7.84. The molecule has 2 saturated heterocycles. The van der Waals surface area contributed by atoms with Crippen LogP contribution in [-0.2, 0) is 38.1 Å².